The molecule has 1 rings (SSSR count). The molecule has 0 aromatic heterocycles. The number of rotatable bonds is 6. The van der Waals surface area contributed by atoms with Crippen molar-refractivity contribution in [1.29, 1.82) is 0 Å². The first-order valence-electron chi connectivity index (χ1n) is 5.85. The first-order chi connectivity index (χ1) is 8.17. The summed E-state index contributed by atoms with van der Waals surface area (Å²) in [5.41, 5.74) is 0.907. The van der Waals surface area contributed by atoms with Crippen molar-refractivity contribution in [2.24, 2.45) is 0 Å². The van der Waals surface area contributed by atoms with Crippen LogP contribution in [0.1, 0.15) is 20.3 Å². The lowest BCUT2D eigenvalue weighted by Gasteiger charge is -2.15. The molecule has 1 aromatic carbocycles. The van der Waals surface area contributed by atoms with Crippen LogP contribution in [0, 0.1) is 0 Å². The number of anilines is 1. The molecule has 0 aliphatic heterocycles. The first-order valence-corrected chi connectivity index (χ1v) is 5.85. The van der Waals surface area contributed by atoms with Crippen LogP contribution < -0.4 is 15.4 Å². The quantitative estimate of drug-likeness (QED) is 0.794. The second-order valence-corrected chi connectivity index (χ2v) is 3.89. The molecule has 1 atom stereocenters. The average molecular weight is 236 g/mol. The highest BCUT2D eigenvalue weighted by atomic mass is 16.5. The topological polar surface area (TPSA) is 50.4 Å². The van der Waals surface area contributed by atoms with Crippen LogP contribution in [0.2, 0.25) is 0 Å². The van der Waals surface area contributed by atoms with Gasteiger partial charge in [-0.15, -0.1) is 0 Å². The van der Waals surface area contributed by atoms with E-state index in [1.807, 2.05) is 38.1 Å². The molecule has 0 spiro atoms. The van der Waals surface area contributed by atoms with E-state index in [4.69, 9.17) is 4.74 Å². The zero-order valence-electron chi connectivity index (χ0n) is 10.6. The number of methoxy groups -OCH3 is 1. The minimum atomic E-state index is -0.241. The van der Waals surface area contributed by atoms with E-state index in [9.17, 15) is 4.79 Å². The molecule has 0 fully saturated rings. The maximum absolute atomic E-state index is 11.6. The molecular weight excluding hydrogens is 216 g/mol. The van der Waals surface area contributed by atoms with Gasteiger partial charge in [-0.1, -0.05) is 6.92 Å². The summed E-state index contributed by atoms with van der Waals surface area (Å²) in [4.78, 5) is 11.6. The molecule has 1 amide bonds. The molecule has 0 aliphatic carbocycles. The Morgan fingerprint density at radius 1 is 1.35 bits per heavy atom. The van der Waals surface area contributed by atoms with Crippen LogP contribution in [0.15, 0.2) is 24.3 Å². The second kappa shape index (κ2) is 6.78. The van der Waals surface area contributed by atoms with Gasteiger partial charge in [-0.3, -0.25) is 4.79 Å². The summed E-state index contributed by atoms with van der Waals surface area (Å²) in [7, 11) is 1.63. The minimum absolute atomic E-state index is 0.0164. The smallest absolute Gasteiger partial charge is 0.242 e. The van der Waals surface area contributed by atoms with Gasteiger partial charge in [0, 0.05) is 12.2 Å². The molecule has 94 valence electrons. The number of hydrogen-bond donors (Lipinski definition) is 2. The molecule has 1 aromatic rings. The maximum atomic E-state index is 11.6. The third kappa shape index (κ3) is 4.34. The summed E-state index contributed by atoms with van der Waals surface area (Å²) in [5.74, 6) is 0.821. The maximum Gasteiger partial charge on any atom is 0.242 e. The number of ether oxygens (including phenoxy) is 1. The third-order valence-electron chi connectivity index (χ3n) is 2.42. The minimum Gasteiger partial charge on any atom is -0.497 e. The Hall–Kier alpha value is -1.71. The summed E-state index contributed by atoms with van der Waals surface area (Å²) in [6, 6.07) is 7.26. The van der Waals surface area contributed by atoms with Crippen LogP contribution in [0.3, 0.4) is 0 Å². The number of nitrogens with one attached hydrogen (secondary N) is 2. The van der Waals surface area contributed by atoms with Gasteiger partial charge in [0.25, 0.3) is 0 Å². The fourth-order valence-electron chi connectivity index (χ4n) is 1.40. The summed E-state index contributed by atoms with van der Waals surface area (Å²) >= 11 is 0. The molecule has 2 N–H and O–H groups in total. The number of hydrogen-bond acceptors (Lipinski definition) is 3. The van der Waals surface area contributed by atoms with E-state index >= 15 is 0 Å². The van der Waals surface area contributed by atoms with Crippen LogP contribution in [0.25, 0.3) is 0 Å². The summed E-state index contributed by atoms with van der Waals surface area (Å²) < 4.78 is 5.07. The van der Waals surface area contributed by atoms with E-state index < -0.39 is 0 Å². The molecule has 0 heterocycles. The predicted octanol–water partition coefficient (Wildman–Crippen LogP) is 2.02. The van der Waals surface area contributed by atoms with Gasteiger partial charge in [-0.25, -0.2) is 0 Å². The van der Waals surface area contributed by atoms with Crippen LogP contribution >= 0.6 is 0 Å². The Morgan fingerprint density at radius 3 is 2.53 bits per heavy atom. The van der Waals surface area contributed by atoms with Crippen molar-refractivity contribution >= 4 is 11.6 Å². The van der Waals surface area contributed by atoms with E-state index in [0.29, 0.717) is 6.54 Å². The molecule has 4 heteroatoms. The highest BCUT2D eigenvalue weighted by Crippen LogP contribution is 2.15. The lowest BCUT2D eigenvalue weighted by Crippen LogP contribution is -2.37. The Kier molecular flexibility index (Phi) is 5.33. The number of amides is 1. The van der Waals surface area contributed by atoms with Gasteiger partial charge in [-0.2, -0.15) is 0 Å². The molecule has 0 aliphatic rings. The van der Waals surface area contributed by atoms with Crippen molar-refractivity contribution in [3.05, 3.63) is 24.3 Å². The molecule has 0 bridgehead atoms. The van der Waals surface area contributed by atoms with Gasteiger partial charge in [0.15, 0.2) is 0 Å². The molecule has 4 nitrogen and oxygen atoms in total. The van der Waals surface area contributed by atoms with Gasteiger partial charge >= 0.3 is 0 Å². The van der Waals surface area contributed by atoms with Crippen LogP contribution in [0.4, 0.5) is 5.69 Å². The highest BCUT2D eigenvalue weighted by Gasteiger charge is 2.11. The third-order valence-corrected chi connectivity index (χ3v) is 2.42. The van der Waals surface area contributed by atoms with Crippen LogP contribution in [-0.4, -0.2) is 25.6 Å². The van der Waals surface area contributed by atoms with Crippen molar-refractivity contribution in [2.45, 2.75) is 26.3 Å². The van der Waals surface area contributed by atoms with E-state index in [-0.39, 0.29) is 11.9 Å². The zero-order chi connectivity index (χ0) is 12.7. The van der Waals surface area contributed by atoms with Crippen molar-refractivity contribution < 1.29 is 9.53 Å². The fraction of sp³-hybridized carbons (Fsp3) is 0.462. The van der Waals surface area contributed by atoms with E-state index in [1.54, 1.807) is 7.11 Å². The molecule has 0 radical (unpaired) electrons. The highest BCUT2D eigenvalue weighted by molar-refractivity contribution is 5.84. The Labute approximate surface area is 102 Å². The lowest BCUT2D eigenvalue weighted by atomic mass is 10.2. The van der Waals surface area contributed by atoms with Gasteiger partial charge in [0.2, 0.25) is 5.91 Å². The molecular formula is C13H20N2O2. The molecule has 0 saturated heterocycles. The summed E-state index contributed by atoms with van der Waals surface area (Å²) in [6.07, 6.45) is 0.945. The second-order valence-electron chi connectivity index (χ2n) is 3.89. The van der Waals surface area contributed by atoms with Gasteiger partial charge in [0.1, 0.15) is 11.8 Å². The SMILES string of the molecule is CCCNC(=O)C(C)Nc1ccc(OC)cc1. The molecule has 17 heavy (non-hydrogen) atoms. The molecule has 1 unspecified atom stereocenters. The van der Waals surface area contributed by atoms with E-state index in [2.05, 4.69) is 10.6 Å². The van der Waals surface area contributed by atoms with Crippen molar-refractivity contribution in [3.63, 3.8) is 0 Å². The van der Waals surface area contributed by atoms with Crippen molar-refractivity contribution in [2.75, 3.05) is 19.0 Å². The monoisotopic (exact) mass is 236 g/mol. The van der Waals surface area contributed by atoms with Gasteiger partial charge in [0.05, 0.1) is 7.11 Å². The Balaban J connectivity index is 2.49. The summed E-state index contributed by atoms with van der Waals surface area (Å²) in [5, 5.41) is 5.98. The number of carbonyl (C=O) groups excluding carboxylic acids is 1. The van der Waals surface area contributed by atoms with Crippen LogP contribution in [-0.2, 0) is 4.79 Å². The molecule has 0 saturated carbocycles. The number of benzene rings is 1. The fourth-order valence-corrected chi connectivity index (χ4v) is 1.40. The lowest BCUT2D eigenvalue weighted by molar-refractivity contribution is -0.121. The standard InChI is InChI=1S/C13H20N2O2/c1-4-9-14-13(16)10(2)15-11-5-7-12(17-3)8-6-11/h5-8,10,15H,4,9H2,1-3H3,(H,14,16). The average Bonchev–Trinajstić information content (AvgIpc) is 2.36. The van der Waals surface area contributed by atoms with E-state index in [0.717, 1.165) is 17.9 Å². The zero-order valence-corrected chi connectivity index (χ0v) is 10.6. The van der Waals surface area contributed by atoms with Gasteiger partial charge < -0.3 is 15.4 Å². The summed E-state index contributed by atoms with van der Waals surface area (Å²) in [6.45, 7) is 4.59. The van der Waals surface area contributed by atoms with E-state index in [1.165, 1.54) is 0 Å². The predicted molar refractivity (Wildman–Crippen MR) is 69.4 cm³/mol. The largest absolute Gasteiger partial charge is 0.497 e. The van der Waals surface area contributed by atoms with Crippen molar-refractivity contribution in [1.82, 2.24) is 5.32 Å². The first kappa shape index (κ1) is 13.4. The normalized spacial score (nSPS) is 11.7. The van der Waals surface area contributed by atoms with Crippen molar-refractivity contribution in [3.8, 4) is 5.75 Å². The Bertz CT molecular complexity index is 349. The number of carbonyl (C=O) groups is 1. The van der Waals surface area contributed by atoms with Gasteiger partial charge in [-0.05, 0) is 37.6 Å². The van der Waals surface area contributed by atoms with Crippen LogP contribution in [0.5, 0.6) is 5.75 Å². The Morgan fingerprint density at radius 2 is 2.00 bits per heavy atom.